The van der Waals surface area contributed by atoms with Crippen LogP contribution in [-0.2, 0) is 5.41 Å². The van der Waals surface area contributed by atoms with Gasteiger partial charge in [-0.1, -0.05) is 231 Å². The lowest BCUT2D eigenvalue weighted by molar-refractivity contribution is 0.794. The summed E-state index contributed by atoms with van der Waals surface area (Å²) < 4.78 is 0. The Morgan fingerprint density at radius 3 is 1.39 bits per heavy atom. The fraction of sp³-hybridized carbons (Fsp3) is 0.0147. The number of benzene rings is 11. The Morgan fingerprint density at radius 2 is 0.722 bits per heavy atom. The molecule has 12 aromatic rings. The molecular weight excluding hydrogens is 873 g/mol. The summed E-state index contributed by atoms with van der Waals surface area (Å²) >= 11 is 0. The van der Waals surface area contributed by atoms with Gasteiger partial charge in [0.15, 0.2) is 17.5 Å². The number of aromatic nitrogens is 3. The highest BCUT2D eigenvalue weighted by atomic mass is 15.1. The van der Waals surface area contributed by atoms with Crippen LogP contribution in [0.5, 0.6) is 0 Å². The third-order valence-electron chi connectivity index (χ3n) is 14.7. The molecule has 1 atom stereocenters. The second-order valence-electron chi connectivity index (χ2n) is 18.7. The number of rotatable bonds is 8. The summed E-state index contributed by atoms with van der Waals surface area (Å²) in [5.41, 5.74) is 20.1. The van der Waals surface area contributed by atoms with Gasteiger partial charge in [-0.2, -0.15) is 0 Å². The van der Waals surface area contributed by atoms with Crippen LogP contribution in [0.3, 0.4) is 0 Å². The van der Waals surface area contributed by atoms with Crippen molar-refractivity contribution in [3.05, 3.63) is 289 Å². The lowest BCUT2D eigenvalue weighted by atomic mass is 9.70. The Balaban J connectivity index is 0.979. The van der Waals surface area contributed by atoms with E-state index in [-0.39, 0.29) is 0 Å². The van der Waals surface area contributed by atoms with Crippen molar-refractivity contribution in [3.63, 3.8) is 0 Å². The van der Waals surface area contributed by atoms with Crippen molar-refractivity contribution in [1.29, 1.82) is 0 Å². The van der Waals surface area contributed by atoms with Gasteiger partial charge in [-0.15, -0.1) is 0 Å². The van der Waals surface area contributed by atoms with Crippen molar-refractivity contribution >= 4 is 27.8 Å². The first kappa shape index (κ1) is 41.5. The van der Waals surface area contributed by atoms with Crippen LogP contribution in [0.4, 0.5) is 17.1 Å². The molecule has 11 aromatic carbocycles. The maximum Gasteiger partial charge on any atom is 0.164 e. The van der Waals surface area contributed by atoms with Gasteiger partial charge in [-0.25, -0.2) is 15.0 Å². The molecule has 0 radical (unpaired) electrons. The molecule has 14 rings (SSSR count). The summed E-state index contributed by atoms with van der Waals surface area (Å²) in [6.07, 6.45) is 0. The molecule has 0 bridgehead atoms. The third-order valence-corrected chi connectivity index (χ3v) is 14.7. The molecule has 72 heavy (non-hydrogen) atoms. The first-order valence-electron chi connectivity index (χ1n) is 24.6. The van der Waals surface area contributed by atoms with Gasteiger partial charge < -0.3 is 4.90 Å². The molecule has 2 aliphatic carbocycles. The molecular formula is C68H44N4. The summed E-state index contributed by atoms with van der Waals surface area (Å²) in [6, 6.07) is 96.2. The summed E-state index contributed by atoms with van der Waals surface area (Å²) in [4.78, 5) is 17.9. The van der Waals surface area contributed by atoms with E-state index in [0.717, 1.165) is 33.8 Å². The van der Waals surface area contributed by atoms with E-state index < -0.39 is 5.41 Å². The number of hydrogen-bond donors (Lipinski definition) is 0. The largest absolute Gasteiger partial charge is 0.310 e. The minimum absolute atomic E-state index is 0.633. The van der Waals surface area contributed by atoms with E-state index >= 15 is 0 Å². The van der Waals surface area contributed by atoms with Gasteiger partial charge in [-0.05, 0) is 108 Å². The summed E-state index contributed by atoms with van der Waals surface area (Å²) in [5.74, 6) is 1.91. The minimum atomic E-state index is -0.636. The predicted molar refractivity (Wildman–Crippen MR) is 295 cm³/mol. The van der Waals surface area contributed by atoms with Crippen LogP contribution in [0.2, 0.25) is 0 Å². The number of fused-ring (bicyclic) bond motifs is 11. The summed E-state index contributed by atoms with van der Waals surface area (Å²) in [7, 11) is 0. The van der Waals surface area contributed by atoms with Crippen molar-refractivity contribution in [1.82, 2.24) is 15.0 Å². The van der Waals surface area contributed by atoms with Crippen LogP contribution in [0.1, 0.15) is 22.3 Å². The Bertz CT molecular complexity index is 3960. The van der Waals surface area contributed by atoms with Crippen LogP contribution in [0.15, 0.2) is 267 Å². The molecule has 1 aromatic heterocycles. The lowest BCUT2D eigenvalue weighted by Crippen LogP contribution is -2.26. The Morgan fingerprint density at radius 1 is 0.278 bits per heavy atom. The van der Waals surface area contributed by atoms with Crippen LogP contribution in [-0.4, -0.2) is 15.0 Å². The normalized spacial score (nSPS) is 13.9. The summed E-state index contributed by atoms with van der Waals surface area (Å²) in [5, 5.41) is 2.48. The maximum atomic E-state index is 5.22. The molecule has 1 heterocycles. The molecule has 0 saturated carbocycles. The van der Waals surface area contributed by atoms with E-state index in [1.165, 1.54) is 77.5 Å². The zero-order chi connectivity index (χ0) is 47.6. The minimum Gasteiger partial charge on any atom is -0.310 e. The highest BCUT2D eigenvalue weighted by Gasteiger charge is 2.52. The highest BCUT2D eigenvalue weighted by molar-refractivity contribution is 6.02. The molecule has 0 fully saturated rings. The molecule has 0 N–H and O–H groups in total. The molecule has 0 amide bonds. The lowest BCUT2D eigenvalue weighted by Gasteiger charge is -2.32. The van der Waals surface area contributed by atoms with E-state index in [9.17, 15) is 0 Å². The summed E-state index contributed by atoms with van der Waals surface area (Å²) in [6.45, 7) is 0. The number of anilines is 3. The fourth-order valence-electron chi connectivity index (χ4n) is 11.6. The Kier molecular flexibility index (Phi) is 9.71. The maximum absolute atomic E-state index is 5.22. The topological polar surface area (TPSA) is 41.9 Å². The van der Waals surface area contributed by atoms with Crippen LogP contribution in [0, 0.1) is 0 Å². The van der Waals surface area contributed by atoms with Crippen molar-refractivity contribution in [3.8, 4) is 78.7 Å². The zero-order valence-corrected chi connectivity index (χ0v) is 39.2. The SMILES string of the molecule is c1ccc(-c2ccc(N(c3ccc(-c4cccc5ccccc45)cc3)c3cccc4c3-c3ccccc3C43c4ccccc4-c4ccc(-c5nc(-c6ccccc6)nc(-c6ccccc6)n5)cc43)cc2)cc1. The van der Waals surface area contributed by atoms with Gasteiger partial charge in [0, 0.05) is 33.6 Å². The average molecular weight is 917 g/mol. The molecule has 4 heteroatoms. The van der Waals surface area contributed by atoms with E-state index in [1.54, 1.807) is 0 Å². The highest BCUT2D eigenvalue weighted by Crippen LogP contribution is 2.65. The van der Waals surface area contributed by atoms with Gasteiger partial charge >= 0.3 is 0 Å². The number of hydrogen-bond acceptors (Lipinski definition) is 4. The zero-order valence-electron chi connectivity index (χ0n) is 39.2. The van der Waals surface area contributed by atoms with E-state index in [2.05, 4.69) is 235 Å². The van der Waals surface area contributed by atoms with Crippen molar-refractivity contribution in [2.45, 2.75) is 5.41 Å². The van der Waals surface area contributed by atoms with E-state index in [0.29, 0.717) is 17.5 Å². The van der Waals surface area contributed by atoms with Gasteiger partial charge in [0.1, 0.15) is 0 Å². The van der Waals surface area contributed by atoms with Crippen LogP contribution >= 0.6 is 0 Å². The van der Waals surface area contributed by atoms with E-state index in [1.807, 2.05) is 36.4 Å². The van der Waals surface area contributed by atoms with Gasteiger partial charge in [0.25, 0.3) is 0 Å². The van der Waals surface area contributed by atoms with Crippen molar-refractivity contribution in [2.75, 3.05) is 4.90 Å². The first-order valence-corrected chi connectivity index (χ1v) is 24.6. The first-order chi connectivity index (χ1) is 35.7. The quantitative estimate of drug-likeness (QED) is 0.152. The number of nitrogens with zero attached hydrogens (tertiary/aromatic N) is 4. The fourth-order valence-corrected chi connectivity index (χ4v) is 11.6. The smallest absolute Gasteiger partial charge is 0.164 e. The van der Waals surface area contributed by atoms with E-state index in [4.69, 9.17) is 15.0 Å². The Labute approximate surface area is 418 Å². The molecule has 2 aliphatic rings. The van der Waals surface area contributed by atoms with Gasteiger partial charge in [0.05, 0.1) is 11.1 Å². The molecule has 4 nitrogen and oxygen atoms in total. The molecule has 1 unspecified atom stereocenters. The van der Waals surface area contributed by atoms with Crippen LogP contribution < -0.4 is 4.90 Å². The second-order valence-corrected chi connectivity index (χ2v) is 18.7. The average Bonchev–Trinajstić information content (AvgIpc) is 3.94. The van der Waals surface area contributed by atoms with Crippen molar-refractivity contribution < 1.29 is 0 Å². The molecule has 1 spiro atoms. The molecule has 0 saturated heterocycles. The molecule has 336 valence electrons. The third kappa shape index (κ3) is 6.57. The molecule has 0 aliphatic heterocycles. The van der Waals surface area contributed by atoms with Gasteiger partial charge in [-0.3, -0.25) is 0 Å². The van der Waals surface area contributed by atoms with Gasteiger partial charge in [0.2, 0.25) is 0 Å². The standard InChI is InChI=1S/C68H44N4/c1-4-18-45(19-5-1)46-34-39-52(40-35-46)72(53-41-36-48(37-42-53)55-29-16-25-47-20-10-11-26-54(47)55)63-33-17-32-61-64(63)58-28-13-15-31-60(58)68(61)59-30-14-12-27-56(59)57-43-38-51(44-62(57)68)67-70-65(49-21-6-2-7-22-49)69-66(71-67)50-23-8-3-9-24-50/h1-44H. The Hall–Kier alpha value is -9.51. The second kappa shape index (κ2) is 16.9. The van der Waals surface area contributed by atoms with Crippen molar-refractivity contribution in [2.24, 2.45) is 0 Å². The van der Waals surface area contributed by atoms with Crippen LogP contribution in [0.25, 0.3) is 89.4 Å². The monoisotopic (exact) mass is 916 g/mol. The predicted octanol–water partition coefficient (Wildman–Crippen LogP) is 17.2.